The van der Waals surface area contributed by atoms with Crippen molar-refractivity contribution in [3.63, 3.8) is 0 Å². The minimum absolute atomic E-state index is 0.194. The van der Waals surface area contributed by atoms with Crippen LogP contribution in [0.2, 0.25) is 0 Å². The van der Waals surface area contributed by atoms with Gasteiger partial charge in [0.15, 0.2) is 0 Å². The first-order valence-corrected chi connectivity index (χ1v) is 5.54. The average Bonchev–Trinajstić information content (AvgIpc) is 2.28. The van der Waals surface area contributed by atoms with Crippen molar-refractivity contribution in [2.24, 2.45) is 0 Å². The Bertz CT molecular complexity index is 246. The Morgan fingerprint density at radius 1 is 1.20 bits per heavy atom. The highest BCUT2D eigenvalue weighted by molar-refractivity contribution is 5.14. The lowest BCUT2D eigenvalue weighted by atomic mass is 10.0. The van der Waals surface area contributed by atoms with Gasteiger partial charge in [-0.25, -0.2) is 0 Å². The maximum absolute atomic E-state index is 9.68. The molecular weight excluding hydrogens is 188 g/mol. The fourth-order valence-electron chi connectivity index (χ4n) is 1.59. The second kappa shape index (κ2) is 7.43. The van der Waals surface area contributed by atoms with E-state index in [0.717, 1.165) is 32.3 Å². The van der Waals surface area contributed by atoms with Crippen molar-refractivity contribution < 1.29 is 9.84 Å². The zero-order chi connectivity index (χ0) is 10.9. The summed E-state index contributed by atoms with van der Waals surface area (Å²) in [7, 11) is 1.69. The second-order valence-electron chi connectivity index (χ2n) is 3.81. The summed E-state index contributed by atoms with van der Waals surface area (Å²) in [5, 5.41) is 9.68. The highest BCUT2D eigenvalue weighted by atomic mass is 16.5. The Hall–Kier alpha value is -0.860. The van der Waals surface area contributed by atoms with Gasteiger partial charge in [0.1, 0.15) is 0 Å². The predicted molar refractivity (Wildman–Crippen MR) is 61.9 cm³/mol. The van der Waals surface area contributed by atoms with Gasteiger partial charge in [0.05, 0.1) is 6.10 Å². The van der Waals surface area contributed by atoms with Gasteiger partial charge < -0.3 is 9.84 Å². The minimum Gasteiger partial charge on any atom is -0.393 e. The Morgan fingerprint density at radius 2 is 1.93 bits per heavy atom. The molecule has 1 atom stereocenters. The molecule has 0 saturated carbocycles. The maximum atomic E-state index is 9.68. The van der Waals surface area contributed by atoms with Crippen LogP contribution in [0.25, 0.3) is 0 Å². The lowest BCUT2D eigenvalue weighted by Crippen LogP contribution is -2.09. The SMILES string of the molecule is COCCCC(O)CCc1ccccc1. The van der Waals surface area contributed by atoms with Crippen molar-refractivity contribution in [1.29, 1.82) is 0 Å². The summed E-state index contributed by atoms with van der Waals surface area (Å²) in [6.45, 7) is 0.738. The van der Waals surface area contributed by atoms with Crippen LogP contribution in [0.3, 0.4) is 0 Å². The monoisotopic (exact) mass is 208 g/mol. The van der Waals surface area contributed by atoms with E-state index in [1.165, 1.54) is 5.56 Å². The fourth-order valence-corrected chi connectivity index (χ4v) is 1.59. The molecule has 84 valence electrons. The van der Waals surface area contributed by atoms with E-state index in [1.807, 2.05) is 18.2 Å². The van der Waals surface area contributed by atoms with E-state index in [1.54, 1.807) is 7.11 Å². The molecule has 0 fully saturated rings. The van der Waals surface area contributed by atoms with Crippen molar-refractivity contribution >= 4 is 0 Å². The van der Waals surface area contributed by atoms with Gasteiger partial charge in [0.25, 0.3) is 0 Å². The van der Waals surface area contributed by atoms with Crippen molar-refractivity contribution in [1.82, 2.24) is 0 Å². The Kier molecular flexibility index (Phi) is 6.05. The predicted octanol–water partition coefficient (Wildman–Crippen LogP) is 2.41. The molecule has 1 N–H and O–H groups in total. The molecule has 0 aromatic heterocycles. The fraction of sp³-hybridized carbons (Fsp3) is 0.538. The van der Waals surface area contributed by atoms with Gasteiger partial charge in [-0.2, -0.15) is 0 Å². The van der Waals surface area contributed by atoms with Gasteiger partial charge in [-0.05, 0) is 31.2 Å². The largest absolute Gasteiger partial charge is 0.393 e. The molecule has 0 aliphatic heterocycles. The van der Waals surface area contributed by atoms with E-state index in [9.17, 15) is 5.11 Å². The van der Waals surface area contributed by atoms with Crippen LogP contribution in [-0.4, -0.2) is 24.9 Å². The second-order valence-corrected chi connectivity index (χ2v) is 3.81. The van der Waals surface area contributed by atoms with Crippen LogP contribution in [0.1, 0.15) is 24.8 Å². The third-order valence-electron chi connectivity index (χ3n) is 2.49. The summed E-state index contributed by atoms with van der Waals surface area (Å²) < 4.78 is 4.94. The molecule has 0 saturated heterocycles. The number of aliphatic hydroxyl groups excluding tert-OH is 1. The molecule has 2 heteroatoms. The van der Waals surface area contributed by atoms with E-state index in [0.29, 0.717) is 0 Å². The van der Waals surface area contributed by atoms with Crippen molar-refractivity contribution in [2.45, 2.75) is 31.8 Å². The maximum Gasteiger partial charge on any atom is 0.0544 e. The molecule has 1 aromatic rings. The van der Waals surface area contributed by atoms with E-state index >= 15 is 0 Å². The highest BCUT2D eigenvalue weighted by Crippen LogP contribution is 2.08. The van der Waals surface area contributed by atoms with E-state index in [-0.39, 0.29) is 6.10 Å². The normalized spacial score (nSPS) is 12.7. The Morgan fingerprint density at radius 3 is 2.60 bits per heavy atom. The minimum atomic E-state index is -0.194. The van der Waals surface area contributed by atoms with Crippen LogP contribution in [0.4, 0.5) is 0 Å². The van der Waals surface area contributed by atoms with Crippen molar-refractivity contribution in [2.75, 3.05) is 13.7 Å². The molecule has 0 spiro atoms. The lowest BCUT2D eigenvalue weighted by Gasteiger charge is -2.09. The molecule has 0 radical (unpaired) electrons. The summed E-state index contributed by atoms with van der Waals surface area (Å²) in [5.41, 5.74) is 1.29. The molecule has 0 bridgehead atoms. The molecule has 2 nitrogen and oxygen atoms in total. The summed E-state index contributed by atoms with van der Waals surface area (Å²) in [6, 6.07) is 10.3. The number of benzene rings is 1. The summed E-state index contributed by atoms with van der Waals surface area (Å²) in [5.74, 6) is 0. The van der Waals surface area contributed by atoms with Gasteiger partial charge in [-0.1, -0.05) is 30.3 Å². The lowest BCUT2D eigenvalue weighted by molar-refractivity contribution is 0.128. The molecule has 15 heavy (non-hydrogen) atoms. The topological polar surface area (TPSA) is 29.5 Å². The van der Waals surface area contributed by atoms with E-state index in [4.69, 9.17) is 4.74 Å². The van der Waals surface area contributed by atoms with Gasteiger partial charge >= 0.3 is 0 Å². The van der Waals surface area contributed by atoms with Crippen LogP contribution in [0.15, 0.2) is 30.3 Å². The number of aryl methyl sites for hydroxylation is 1. The van der Waals surface area contributed by atoms with Crippen LogP contribution in [-0.2, 0) is 11.2 Å². The Labute approximate surface area is 91.9 Å². The molecule has 1 rings (SSSR count). The molecule has 0 aliphatic rings. The number of hydrogen-bond acceptors (Lipinski definition) is 2. The first-order chi connectivity index (χ1) is 7.33. The highest BCUT2D eigenvalue weighted by Gasteiger charge is 2.03. The zero-order valence-electron chi connectivity index (χ0n) is 9.36. The molecular formula is C13H20O2. The van der Waals surface area contributed by atoms with Crippen molar-refractivity contribution in [3.8, 4) is 0 Å². The number of hydrogen-bond donors (Lipinski definition) is 1. The molecule has 0 aliphatic carbocycles. The zero-order valence-corrected chi connectivity index (χ0v) is 9.36. The van der Waals surface area contributed by atoms with Crippen molar-refractivity contribution in [3.05, 3.63) is 35.9 Å². The molecule has 0 amide bonds. The van der Waals surface area contributed by atoms with Gasteiger partial charge in [-0.3, -0.25) is 0 Å². The summed E-state index contributed by atoms with van der Waals surface area (Å²) in [6.07, 6.45) is 3.37. The standard InChI is InChI=1S/C13H20O2/c1-15-11-5-8-13(14)10-9-12-6-3-2-4-7-12/h2-4,6-7,13-14H,5,8-11H2,1H3. The van der Waals surface area contributed by atoms with Crippen LogP contribution < -0.4 is 0 Å². The third-order valence-corrected chi connectivity index (χ3v) is 2.49. The van der Waals surface area contributed by atoms with Gasteiger partial charge in [0.2, 0.25) is 0 Å². The molecule has 0 heterocycles. The number of aliphatic hydroxyl groups is 1. The van der Waals surface area contributed by atoms with Gasteiger partial charge in [0, 0.05) is 13.7 Å². The first kappa shape index (κ1) is 12.2. The molecule has 1 unspecified atom stereocenters. The van der Waals surface area contributed by atoms with Crippen LogP contribution in [0.5, 0.6) is 0 Å². The number of ether oxygens (including phenoxy) is 1. The number of rotatable bonds is 7. The molecule has 1 aromatic carbocycles. The number of methoxy groups -OCH3 is 1. The third kappa shape index (κ3) is 5.55. The Balaban J connectivity index is 2.14. The van der Waals surface area contributed by atoms with E-state index < -0.39 is 0 Å². The smallest absolute Gasteiger partial charge is 0.0544 e. The van der Waals surface area contributed by atoms with Crippen LogP contribution >= 0.6 is 0 Å². The van der Waals surface area contributed by atoms with Gasteiger partial charge in [-0.15, -0.1) is 0 Å². The first-order valence-electron chi connectivity index (χ1n) is 5.54. The van der Waals surface area contributed by atoms with E-state index in [2.05, 4.69) is 12.1 Å². The summed E-state index contributed by atoms with van der Waals surface area (Å²) in [4.78, 5) is 0. The van der Waals surface area contributed by atoms with Crippen LogP contribution in [0, 0.1) is 0 Å². The quantitative estimate of drug-likeness (QED) is 0.697. The average molecular weight is 208 g/mol. The summed E-state index contributed by atoms with van der Waals surface area (Å²) >= 11 is 0.